The minimum absolute atomic E-state index is 0.257. The largest absolute Gasteiger partial charge is 0.489 e. The maximum atomic E-state index is 13.0. The highest BCUT2D eigenvalue weighted by Crippen LogP contribution is 2.21. The summed E-state index contributed by atoms with van der Waals surface area (Å²) in [6, 6.07) is 13.8. The highest BCUT2D eigenvalue weighted by Gasteiger charge is 2.21. The molecule has 5 rings (SSSR count). The van der Waals surface area contributed by atoms with Crippen molar-refractivity contribution in [1.29, 1.82) is 0 Å². The van der Waals surface area contributed by atoms with Crippen molar-refractivity contribution in [3.05, 3.63) is 65.5 Å². The minimum atomic E-state index is -0.257. The molecule has 0 amide bonds. The predicted molar refractivity (Wildman–Crippen MR) is 133 cm³/mol. The number of rotatable bonds is 8. The number of ether oxygens (including phenoxy) is 2. The predicted octanol–water partition coefficient (Wildman–Crippen LogP) is 3.47. The molecular formula is C25H28FN7O2. The minimum Gasteiger partial charge on any atom is -0.489 e. The molecule has 3 aromatic rings. The molecule has 0 atom stereocenters. The average Bonchev–Trinajstić information content (AvgIpc) is 3.45. The molecule has 0 saturated carbocycles. The van der Waals surface area contributed by atoms with Gasteiger partial charge in [0.2, 0.25) is 17.8 Å². The van der Waals surface area contributed by atoms with Crippen molar-refractivity contribution in [2.75, 3.05) is 54.6 Å². The van der Waals surface area contributed by atoms with Crippen molar-refractivity contribution in [3.8, 4) is 5.75 Å². The van der Waals surface area contributed by atoms with Gasteiger partial charge in [-0.05, 0) is 60.4 Å². The molecule has 0 spiro atoms. The van der Waals surface area contributed by atoms with Gasteiger partial charge in [-0.3, -0.25) is 0 Å². The first-order valence-corrected chi connectivity index (χ1v) is 11.8. The lowest BCUT2D eigenvalue weighted by atomic mass is 10.2. The molecule has 0 radical (unpaired) electrons. The number of hydrogen-bond acceptors (Lipinski definition) is 9. The van der Waals surface area contributed by atoms with Gasteiger partial charge in [-0.25, -0.2) is 9.82 Å². The van der Waals surface area contributed by atoms with E-state index < -0.39 is 0 Å². The van der Waals surface area contributed by atoms with Crippen LogP contribution in [0.3, 0.4) is 0 Å². The van der Waals surface area contributed by atoms with E-state index in [4.69, 9.17) is 14.5 Å². The molecular weight excluding hydrogens is 449 g/mol. The zero-order valence-electron chi connectivity index (χ0n) is 19.4. The Morgan fingerprint density at radius 1 is 0.886 bits per heavy atom. The maximum absolute atomic E-state index is 13.0. The van der Waals surface area contributed by atoms with Gasteiger partial charge in [-0.2, -0.15) is 20.1 Å². The van der Waals surface area contributed by atoms with Crippen molar-refractivity contribution < 1.29 is 13.9 Å². The standard InChI is InChI=1S/C25H28FN7O2/c26-21-7-3-20(4-8-21)18-35-22-9-5-19(6-10-22)17-27-31-23-28-24(32-11-1-2-12-32)30-25(29-23)33-13-15-34-16-14-33/h3-10,17H,1-2,11-16,18H2,(H,28,29,30,31)/b27-17-. The first kappa shape index (κ1) is 23.0. The summed E-state index contributed by atoms with van der Waals surface area (Å²) in [5.41, 5.74) is 4.77. The SMILES string of the molecule is Fc1ccc(COc2ccc(/C=N\Nc3nc(N4CCCC4)nc(N4CCOCC4)n3)cc2)cc1. The van der Waals surface area contributed by atoms with Crippen LogP contribution in [0.1, 0.15) is 24.0 Å². The van der Waals surface area contributed by atoms with Gasteiger partial charge in [0.25, 0.3) is 0 Å². The molecule has 2 fully saturated rings. The van der Waals surface area contributed by atoms with E-state index >= 15 is 0 Å². The number of hydrazone groups is 1. The van der Waals surface area contributed by atoms with Crippen LogP contribution in [0.2, 0.25) is 0 Å². The van der Waals surface area contributed by atoms with Gasteiger partial charge in [0, 0.05) is 26.2 Å². The molecule has 9 nitrogen and oxygen atoms in total. The summed E-state index contributed by atoms with van der Waals surface area (Å²) >= 11 is 0. The number of hydrogen-bond donors (Lipinski definition) is 1. The second-order valence-corrected chi connectivity index (χ2v) is 8.41. The Hall–Kier alpha value is -3.79. The molecule has 2 aliphatic rings. The zero-order valence-corrected chi connectivity index (χ0v) is 19.4. The van der Waals surface area contributed by atoms with E-state index in [1.54, 1.807) is 18.3 Å². The first-order chi connectivity index (χ1) is 17.2. The Morgan fingerprint density at radius 3 is 2.23 bits per heavy atom. The summed E-state index contributed by atoms with van der Waals surface area (Å²) in [7, 11) is 0. The van der Waals surface area contributed by atoms with Crippen LogP contribution in [-0.2, 0) is 11.3 Å². The number of nitrogens with zero attached hydrogens (tertiary/aromatic N) is 6. The topological polar surface area (TPSA) is 88.0 Å². The molecule has 0 aliphatic carbocycles. The monoisotopic (exact) mass is 477 g/mol. The molecule has 2 aromatic carbocycles. The highest BCUT2D eigenvalue weighted by atomic mass is 19.1. The van der Waals surface area contributed by atoms with Crippen LogP contribution < -0.4 is 20.0 Å². The summed E-state index contributed by atoms with van der Waals surface area (Å²) in [5.74, 6) is 2.21. The summed E-state index contributed by atoms with van der Waals surface area (Å²) in [6.07, 6.45) is 3.99. The van der Waals surface area contributed by atoms with Gasteiger partial charge in [0.1, 0.15) is 18.2 Å². The Bertz CT molecular complexity index is 1130. The van der Waals surface area contributed by atoms with Gasteiger partial charge >= 0.3 is 0 Å². The van der Waals surface area contributed by atoms with Crippen molar-refractivity contribution in [2.24, 2.45) is 5.10 Å². The lowest BCUT2D eigenvalue weighted by Gasteiger charge is -2.27. The van der Waals surface area contributed by atoms with Gasteiger partial charge in [-0.1, -0.05) is 12.1 Å². The maximum Gasteiger partial charge on any atom is 0.250 e. The van der Waals surface area contributed by atoms with E-state index in [0.717, 1.165) is 55.9 Å². The van der Waals surface area contributed by atoms with Gasteiger partial charge in [0.05, 0.1) is 19.4 Å². The van der Waals surface area contributed by atoms with E-state index in [9.17, 15) is 4.39 Å². The Morgan fingerprint density at radius 2 is 1.54 bits per heavy atom. The molecule has 182 valence electrons. The summed E-state index contributed by atoms with van der Waals surface area (Å²) in [5, 5.41) is 4.33. The lowest BCUT2D eigenvalue weighted by molar-refractivity contribution is 0.122. The molecule has 2 aliphatic heterocycles. The van der Waals surface area contributed by atoms with Crippen molar-refractivity contribution in [1.82, 2.24) is 15.0 Å². The van der Waals surface area contributed by atoms with Crippen LogP contribution in [0.4, 0.5) is 22.2 Å². The summed E-state index contributed by atoms with van der Waals surface area (Å²) < 4.78 is 24.2. The number of halogens is 1. The Kier molecular flexibility index (Phi) is 7.28. The van der Waals surface area contributed by atoms with E-state index in [1.165, 1.54) is 12.1 Å². The fraction of sp³-hybridized carbons (Fsp3) is 0.360. The summed E-state index contributed by atoms with van der Waals surface area (Å²) in [6.45, 7) is 5.10. The normalized spacial score (nSPS) is 16.1. The molecule has 2 saturated heterocycles. The fourth-order valence-electron chi connectivity index (χ4n) is 3.93. The van der Waals surface area contributed by atoms with Crippen molar-refractivity contribution >= 4 is 24.1 Å². The third-order valence-electron chi connectivity index (χ3n) is 5.87. The molecule has 1 aromatic heterocycles. The molecule has 1 N–H and O–H groups in total. The van der Waals surface area contributed by atoms with Crippen molar-refractivity contribution in [3.63, 3.8) is 0 Å². The number of morpholine rings is 1. The smallest absolute Gasteiger partial charge is 0.250 e. The molecule has 35 heavy (non-hydrogen) atoms. The zero-order chi connectivity index (χ0) is 23.9. The quantitative estimate of drug-likeness (QED) is 0.390. The van der Waals surface area contributed by atoms with Gasteiger partial charge in [0.15, 0.2) is 0 Å². The van der Waals surface area contributed by atoms with Crippen LogP contribution in [0.15, 0.2) is 53.6 Å². The van der Waals surface area contributed by atoms with Gasteiger partial charge in [-0.15, -0.1) is 0 Å². The third kappa shape index (κ3) is 6.21. The van der Waals surface area contributed by atoms with Crippen LogP contribution >= 0.6 is 0 Å². The molecule has 3 heterocycles. The first-order valence-electron chi connectivity index (χ1n) is 11.8. The van der Waals surface area contributed by atoms with E-state index in [0.29, 0.717) is 37.7 Å². The van der Waals surface area contributed by atoms with E-state index in [1.807, 2.05) is 24.3 Å². The fourth-order valence-corrected chi connectivity index (χ4v) is 3.93. The number of benzene rings is 2. The van der Waals surface area contributed by atoms with Crippen LogP contribution in [0.5, 0.6) is 5.75 Å². The number of nitrogens with one attached hydrogen (secondary N) is 1. The number of anilines is 3. The Balaban J connectivity index is 1.22. The highest BCUT2D eigenvalue weighted by molar-refractivity contribution is 5.80. The molecule has 0 unspecified atom stereocenters. The molecule has 10 heteroatoms. The summed E-state index contributed by atoms with van der Waals surface area (Å²) in [4.78, 5) is 18.2. The lowest BCUT2D eigenvalue weighted by Crippen LogP contribution is -2.38. The van der Waals surface area contributed by atoms with E-state index in [2.05, 4.69) is 30.3 Å². The van der Waals surface area contributed by atoms with Crippen LogP contribution in [0, 0.1) is 5.82 Å². The third-order valence-corrected chi connectivity index (χ3v) is 5.87. The second kappa shape index (κ2) is 11.1. The van der Waals surface area contributed by atoms with E-state index in [-0.39, 0.29) is 5.82 Å². The average molecular weight is 478 g/mol. The van der Waals surface area contributed by atoms with Crippen molar-refractivity contribution in [2.45, 2.75) is 19.4 Å². The van der Waals surface area contributed by atoms with Crippen LogP contribution in [-0.4, -0.2) is 60.6 Å². The van der Waals surface area contributed by atoms with Crippen LogP contribution in [0.25, 0.3) is 0 Å². The number of aromatic nitrogens is 3. The second-order valence-electron chi connectivity index (χ2n) is 8.41. The van der Waals surface area contributed by atoms with Gasteiger partial charge < -0.3 is 19.3 Å². The Labute approximate surface area is 203 Å². The molecule has 0 bridgehead atoms.